The van der Waals surface area contributed by atoms with Gasteiger partial charge in [0.25, 0.3) is 0 Å². The first-order chi connectivity index (χ1) is 11.7. The fourth-order valence-corrected chi connectivity index (χ4v) is 2.32. The highest BCUT2D eigenvalue weighted by atomic mass is 16.3. The van der Waals surface area contributed by atoms with E-state index in [1.807, 2.05) is 36.4 Å². The van der Waals surface area contributed by atoms with Gasteiger partial charge in [-0.2, -0.15) is 0 Å². The molecule has 0 aliphatic carbocycles. The summed E-state index contributed by atoms with van der Waals surface area (Å²) in [6.45, 7) is 0. The molecule has 4 nitrogen and oxygen atoms in total. The molecule has 3 aromatic rings. The van der Waals surface area contributed by atoms with E-state index in [0.717, 1.165) is 0 Å². The van der Waals surface area contributed by atoms with Crippen LogP contribution in [0.4, 0.5) is 5.69 Å². The number of rotatable bonds is 5. The van der Waals surface area contributed by atoms with Crippen molar-refractivity contribution in [2.24, 2.45) is 4.99 Å². The number of carbonyl (C=O) groups is 1. The van der Waals surface area contributed by atoms with Crippen molar-refractivity contribution in [3.8, 4) is 5.75 Å². The minimum absolute atomic E-state index is 0.0585. The van der Waals surface area contributed by atoms with Crippen LogP contribution in [0, 0.1) is 0 Å². The molecule has 0 amide bonds. The number of benzene rings is 2. The number of hydrogen-bond acceptors (Lipinski definition) is 4. The number of phenolic OH excluding ortho intramolecular Hbond substituents is 1. The molecule has 1 aromatic heterocycles. The molecule has 2 aromatic carbocycles. The highest BCUT2D eigenvalue weighted by molar-refractivity contribution is 6.10. The summed E-state index contributed by atoms with van der Waals surface area (Å²) in [6, 6.07) is 21.1. The summed E-state index contributed by atoms with van der Waals surface area (Å²) in [6.07, 6.45) is 3.26. The number of Topliss-reactive ketones (excluding diaryl/α,β-unsaturated/α-hetero) is 1. The van der Waals surface area contributed by atoms with Crippen LogP contribution in [0.2, 0.25) is 0 Å². The standard InChI is InChI=1S/C20H16N2O2/c23-17-11-9-16(10-12-17)22-14-18(19-8-4-5-13-21-19)20(24)15-6-2-1-3-7-15/h1-14,18,23H. The zero-order valence-electron chi connectivity index (χ0n) is 12.9. The topological polar surface area (TPSA) is 62.5 Å². The van der Waals surface area contributed by atoms with Crippen molar-refractivity contribution < 1.29 is 9.90 Å². The van der Waals surface area contributed by atoms with Gasteiger partial charge in [0, 0.05) is 18.0 Å². The molecule has 0 aliphatic rings. The zero-order chi connectivity index (χ0) is 16.8. The number of nitrogens with zero attached hydrogens (tertiary/aromatic N) is 2. The monoisotopic (exact) mass is 316 g/mol. The summed E-state index contributed by atoms with van der Waals surface area (Å²) in [7, 11) is 0. The van der Waals surface area contributed by atoms with E-state index in [1.165, 1.54) is 0 Å². The normalized spacial score (nSPS) is 12.2. The summed E-state index contributed by atoms with van der Waals surface area (Å²) in [5.74, 6) is -0.449. The smallest absolute Gasteiger partial charge is 0.177 e. The lowest BCUT2D eigenvalue weighted by Gasteiger charge is -2.10. The first kappa shape index (κ1) is 15.6. The maximum atomic E-state index is 12.8. The van der Waals surface area contributed by atoms with Gasteiger partial charge in [-0.25, -0.2) is 0 Å². The Morgan fingerprint density at radius 3 is 2.33 bits per heavy atom. The second-order valence-corrected chi connectivity index (χ2v) is 5.26. The predicted molar refractivity (Wildman–Crippen MR) is 94.0 cm³/mol. The van der Waals surface area contributed by atoms with Gasteiger partial charge in [0.2, 0.25) is 0 Å². The number of pyridine rings is 1. The van der Waals surface area contributed by atoms with E-state index in [9.17, 15) is 9.90 Å². The lowest BCUT2D eigenvalue weighted by atomic mass is 9.95. The highest BCUT2D eigenvalue weighted by Crippen LogP contribution is 2.21. The summed E-state index contributed by atoms with van der Waals surface area (Å²) in [5, 5.41) is 9.33. The third-order valence-electron chi connectivity index (χ3n) is 3.57. The average molecular weight is 316 g/mol. The lowest BCUT2D eigenvalue weighted by Crippen LogP contribution is -2.15. The summed E-state index contributed by atoms with van der Waals surface area (Å²) >= 11 is 0. The molecule has 1 heterocycles. The van der Waals surface area contributed by atoms with Crippen LogP contribution in [-0.2, 0) is 0 Å². The van der Waals surface area contributed by atoms with Crippen LogP contribution in [0.3, 0.4) is 0 Å². The van der Waals surface area contributed by atoms with E-state index in [1.54, 1.807) is 48.8 Å². The average Bonchev–Trinajstić information content (AvgIpc) is 2.65. The zero-order valence-corrected chi connectivity index (χ0v) is 12.9. The van der Waals surface area contributed by atoms with Crippen LogP contribution in [-0.4, -0.2) is 22.1 Å². The van der Waals surface area contributed by atoms with E-state index >= 15 is 0 Å². The maximum Gasteiger partial charge on any atom is 0.177 e. The second kappa shape index (κ2) is 7.33. The number of hydrogen-bond donors (Lipinski definition) is 1. The Bertz CT molecular complexity index is 829. The van der Waals surface area contributed by atoms with Gasteiger partial charge in [-0.3, -0.25) is 14.8 Å². The van der Waals surface area contributed by atoms with Crippen LogP contribution >= 0.6 is 0 Å². The molecule has 0 fully saturated rings. The Morgan fingerprint density at radius 2 is 1.67 bits per heavy atom. The van der Waals surface area contributed by atoms with Crippen LogP contribution in [0.1, 0.15) is 22.0 Å². The number of aromatic nitrogens is 1. The molecule has 0 saturated heterocycles. The van der Waals surface area contributed by atoms with Crippen molar-refractivity contribution in [1.82, 2.24) is 4.98 Å². The van der Waals surface area contributed by atoms with Gasteiger partial charge in [-0.1, -0.05) is 36.4 Å². The Labute approximate surface area is 140 Å². The van der Waals surface area contributed by atoms with E-state index in [2.05, 4.69) is 9.98 Å². The molecule has 118 valence electrons. The molecule has 1 N–H and O–H groups in total. The molecular formula is C20H16N2O2. The summed E-state index contributed by atoms with van der Waals surface area (Å²) in [5.41, 5.74) is 1.92. The minimum atomic E-state index is -0.567. The van der Waals surface area contributed by atoms with Gasteiger partial charge in [-0.05, 0) is 36.4 Å². The number of phenols is 1. The van der Waals surface area contributed by atoms with Gasteiger partial charge in [0.05, 0.1) is 17.3 Å². The van der Waals surface area contributed by atoms with Gasteiger partial charge in [-0.15, -0.1) is 0 Å². The first-order valence-corrected chi connectivity index (χ1v) is 7.57. The fraction of sp³-hybridized carbons (Fsp3) is 0.0500. The van der Waals surface area contributed by atoms with E-state index in [-0.39, 0.29) is 11.5 Å². The molecule has 0 saturated carbocycles. The predicted octanol–water partition coefficient (Wildman–Crippen LogP) is 4.16. The highest BCUT2D eigenvalue weighted by Gasteiger charge is 2.21. The van der Waals surface area contributed by atoms with Crippen molar-refractivity contribution in [3.05, 3.63) is 90.3 Å². The van der Waals surface area contributed by atoms with Crippen molar-refractivity contribution in [2.45, 2.75) is 5.92 Å². The second-order valence-electron chi connectivity index (χ2n) is 5.26. The van der Waals surface area contributed by atoms with Crippen LogP contribution in [0.25, 0.3) is 0 Å². The first-order valence-electron chi connectivity index (χ1n) is 7.57. The van der Waals surface area contributed by atoms with Gasteiger partial charge in [0.1, 0.15) is 5.75 Å². The largest absolute Gasteiger partial charge is 0.508 e. The van der Waals surface area contributed by atoms with Crippen LogP contribution in [0.15, 0.2) is 84.0 Å². The van der Waals surface area contributed by atoms with Crippen molar-refractivity contribution in [3.63, 3.8) is 0 Å². The lowest BCUT2D eigenvalue weighted by molar-refractivity contribution is 0.0983. The van der Waals surface area contributed by atoms with Gasteiger partial charge >= 0.3 is 0 Å². The minimum Gasteiger partial charge on any atom is -0.508 e. The molecule has 0 aliphatic heterocycles. The van der Waals surface area contributed by atoms with Crippen molar-refractivity contribution >= 4 is 17.7 Å². The molecule has 0 bridgehead atoms. The third-order valence-corrected chi connectivity index (χ3v) is 3.57. The molecule has 4 heteroatoms. The molecule has 0 radical (unpaired) electrons. The number of aromatic hydroxyl groups is 1. The number of carbonyl (C=O) groups excluding carboxylic acids is 1. The summed E-state index contributed by atoms with van der Waals surface area (Å²) in [4.78, 5) is 21.5. The molecule has 24 heavy (non-hydrogen) atoms. The number of aliphatic imine (C=N–C) groups is 1. The van der Waals surface area contributed by atoms with Crippen molar-refractivity contribution in [1.29, 1.82) is 0 Å². The van der Waals surface area contributed by atoms with E-state index < -0.39 is 5.92 Å². The quantitative estimate of drug-likeness (QED) is 0.568. The number of ketones is 1. The molecular weight excluding hydrogens is 300 g/mol. The third kappa shape index (κ3) is 3.73. The maximum absolute atomic E-state index is 12.8. The Balaban J connectivity index is 1.93. The SMILES string of the molecule is O=C(c1ccccc1)C(C=Nc1ccc(O)cc1)c1ccccn1. The summed E-state index contributed by atoms with van der Waals surface area (Å²) < 4.78 is 0. The molecule has 1 unspecified atom stereocenters. The fourth-order valence-electron chi connectivity index (χ4n) is 2.32. The van der Waals surface area contributed by atoms with Gasteiger partial charge in [0.15, 0.2) is 5.78 Å². The Kier molecular flexibility index (Phi) is 4.77. The van der Waals surface area contributed by atoms with E-state index in [0.29, 0.717) is 16.9 Å². The van der Waals surface area contributed by atoms with Crippen LogP contribution in [0.5, 0.6) is 5.75 Å². The molecule has 3 rings (SSSR count). The molecule has 1 atom stereocenters. The van der Waals surface area contributed by atoms with Gasteiger partial charge < -0.3 is 5.11 Å². The Morgan fingerprint density at radius 1 is 0.958 bits per heavy atom. The molecule has 0 spiro atoms. The van der Waals surface area contributed by atoms with E-state index in [4.69, 9.17) is 0 Å². The van der Waals surface area contributed by atoms with Crippen molar-refractivity contribution in [2.75, 3.05) is 0 Å². The van der Waals surface area contributed by atoms with Crippen LogP contribution < -0.4 is 0 Å². The Hall–Kier alpha value is -3.27.